The Bertz CT molecular complexity index is 358. The third-order valence-corrected chi connectivity index (χ3v) is 3.91. The Morgan fingerprint density at radius 3 is 2.56 bits per heavy atom. The quantitative estimate of drug-likeness (QED) is 0.737. The molecule has 6 heteroatoms. The van der Waals surface area contributed by atoms with Crippen LogP contribution in [0, 0.1) is 0 Å². The van der Waals surface area contributed by atoms with Gasteiger partial charge in [-0.15, -0.1) is 0 Å². The van der Waals surface area contributed by atoms with E-state index < -0.39 is 15.4 Å². The van der Waals surface area contributed by atoms with Gasteiger partial charge in [0.1, 0.15) is 9.84 Å². The van der Waals surface area contributed by atoms with E-state index >= 15 is 0 Å². The molecule has 16 heavy (non-hydrogen) atoms. The monoisotopic (exact) mass is 248 g/mol. The molecule has 5 nitrogen and oxygen atoms in total. The van der Waals surface area contributed by atoms with Crippen LogP contribution in [0.5, 0.6) is 0 Å². The van der Waals surface area contributed by atoms with E-state index in [0.717, 1.165) is 19.4 Å². The molecule has 0 radical (unpaired) electrons. The average Bonchev–Trinajstić information content (AvgIpc) is 2.60. The first-order valence-corrected chi connectivity index (χ1v) is 7.49. The van der Waals surface area contributed by atoms with E-state index in [2.05, 4.69) is 5.32 Å². The Kier molecular flexibility index (Phi) is 3.96. The molecule has 1 rings (SSSR count). The molecular formula is C10H20N2O3S. The Labute approximate surface area is 97.1 Å². The highest BCUT2D eigenvalue weighted by atomic mass is 32.2. The predicted octanol–water partition coefficient (Wildman–Crippen LogP) is -0.368. The number of sulfone groups is 1. The third-order valence-electron chi connectivity index (χ3n) is 2.98. The lowest BCUT2D eigenvalue weighted by Gasteiger charge is -2.29. The molecule has 1 aliphatic rings. The molecule has 0 aromatic heterocycles. The second-order valence-corrected chi connectivity index (χ2v) is 6.98. The summed E-state index contributed by atoms with van der Waals surface area (Å²) in [5, 5.41) is 3.17. The second kappa shape index (κ2) is 4.71. The lowest BCUT2D eigenvalue weighted by molar-refractivity contribution is -0.135. The van der Waals surface area contributed by atoms with Gasteiger partial charge in [-0.25, -0.2) is 8.42 Å². The fourth-order valence-electron chi connectivity index (χ4n) is 1.90. The smallest absolute Gasteiger partial charge is 0.242 e. The summed E-state index contributed by atoms with van der Waals surface area (Å²) in [6, 6.07) is 0. The standard InChI is InChI=1S/C10H20N2O3S/c1-10(5-4-6-11-10)9(13)12(2)7-8-16(3,14)15/h11H,4-8H2,1-3H3. The minimum Gasteiger partial charge on any atom is -0.343 e. The molecule has 1 saturated heterocycles. The SMILES string of the molecule is CN(CCS(C)(=O)=O)C(=O)C1(C)CCCN1. The van der Waals surface area contributed by atoms with Crippen LogP contribution in [0.1, 0.15) is 19.8 Å². The van der Waals surface area contributed by atoms with Crippen LogP contribution in [-0.4, -0.2) is 56.9 Å². The number of hydrogen-bond acceptors (Lipinski definition) is 4. The summed E-state index contributed by atoms with van der Waals surface area (Å²) in [5.41, 5.74) is -0.508. The summed E-state index contributed by atoms with van der Waals surface area (Å²) in [5.74, 6) is -0.000602. The molecule has 0 aromatic carbocycles. The summed E-state index contributed by atoms with van der Waals surface area (Å²) in [6.45, 7) is 2.98. The lowest BCUT2D eigenvalue weighted by Crippen LogP contribution is -2.52. The topological polar surface area (TPSA) is 66.5 Å². The van der Waals surface area contributed by atoms with Crippen molar-refractivity contribution in [2.75, 3.05) is 32.1 Å². The third kappa shape index (κ3) is 3.45. The zero-order chi connectivity index (χ0) is 12.4. The van der Waals surface area contributed by atoms with E-state index in [-0.39, 0.29) is 18.2 Å². The zero-order valence-corrected chi connectivity index (χ0v) is 10.9. The van der Waals surface area contributed by atoms with Crippen LogP contribution < -0.4 is 5.32 Å². The van der Waals surface area contributed by atoms with Crippen LogP contribution in [0.25, 0.3) is 0 Å². The molecule has 0 aromatic rings. The maximum Gasteiger partial charge on any atom is 0.242 e. The maximum absolute atomic E-state index is 12.1. The van der Waals surface area contributed by atoms with Crippen molar-refractivity contribution < 1.29 is 13.2 Å². The van der Waals surface area contributed by atoms with Gasteiger partial charge in [0.25, 0.3) is 0 Å². The van der Waals surface area contributed by atoms with Gasteiger partial charge in [0.15, 0.2) is 0 Å². The molecule has 94 valence electrons. The average molecular weight is 248 g/mol. The van der Waals surface area contributed by atoms with Crippen LogP contribution in [-0.2, 0) is 14.6 Å². The number of nitrogens with one attached hydrogen (secondary N) is 1. The summed E-state index contributed by atoms with van der Waals surface area (Å²) < 4.78 is 22.0. The van der Waals surface area contributed by atoms with E-state index in [0.29, 0.717) is 0 Å². The highest BCUT2D eigenvalue weighted by molar-refractivity contribution is 7.90. The van der Waals surface area contributed by atoms with Gasteiger partial charge < -0.3 is 10.2 Å². The van der Waals surface area contributed by atoms with Gasteiger partial charge in [-0.05, 0) is 26.3 Å². The molecule has 0 bridgehead atoms. The van der Waals surface area contributed by atoms with Gasteiger partial charge in [-0.3, -0.25) is 4.79 Å². The van der Waals surface area contributed by atoms with Crippen molar-refractivity contribution >= 4 is 15.7 Å². The minimum absolute atomic E-state index is 0.0192. The van der Waals surface area contributed by atoms with Crippen molar-refractivity contribution in [3.63, 3.8) is 0 Å². The van der Waals surface area contributed by atoms with Gasteiger partial charge in [0, 0.05) is 19.8 Å². The number of carbonyl (C=O) groups excluding carboxylic acids is 1. The van der Waals surface area contributed by atoms with E-state index in [1.165, 1.54) is 11.2 Å². The van der Waals surface area contributed by atoms with Crippen molar-refractivity contribution in [2.45, 2.75) is 25.3 Å². The van der Waals surface area contributed by atoms with Gasteiger partial charge >= 0.3 is 0 Å². The van der Waals surface area contributed by atoms with Crippen molar-refractivity contribution in [2.24, 2.45) is 0 Å². The van der Waals surface area contributed by atoms with Crippen LogP contribution in [0.15, 0.2) is 0 Å². The Balaban J connectivity index is 2.54. The molecule has 1 atom stereocenters. The Morgan fingerprint density at radius 1 is 1.50 bits per heavy atom. The van der Waals surface area contributed by atoms with E-state index in [1.807, 2.05) is 6.92 Å². The fraction of sp³-hybridized carbons (Fsp3) is 0.900. The molecule has 1 amide bonds. The Morgan fingerprint density at radius 2 is 2.12 bits per heavy atom. The van der Waals surface area contributed by atoms with Crippen molar-refractivity contribution in [3.05, 3.63) is 0 Å². The highest BCUT2D eigenvalue weighted by Crippen LogP contribution is 2.20. The first kappa shape index (κ1) is 13.4. The van der Waals surface area contributed by atoms with Crippen LogP contribution in [0.2, 0.25) is 0 Å². The molecule has 0 saturated carbocycles. The molecule has 1 N–H and O–H groups in total. The lowest BCUT2D eigenvalue weighted by atomic mass is 9.99. The van der Waals surface area contributed by atoms with Gasteiger partial charge in [-0.2, -0.15) is 0 Å². The molecule has 1 unspecified atom stereocenters. The van der Waals surface area contributed by atoms with E-state index in [1.54, 1.807) is 7.05 Å². The predicted molar refractivity (Wildman–Crippen MR) is 63.0 cm³/mol. The summed E-state index contributed by atoms with van der Waals surface area (Å²) >= 11 is 0. The zero-order valence-electron chi connectivity index (χ0n) is 10.1. The number of carbonyl (C=O) groups is 1. The number of amides is 1. The number of likely N-dealkylation sites (N-methyl/N-ethyl adjacent to an activating group) is 1. The largest absolute Gasteiger partial charge is 0.343 e. The molecule has 0 aliphatic carbocycles. The molecular weight excluding hydrogens is 228 g/mol. The molecule has 1 aliphatic heterocycles. The van der Waals surface area contributed by atoms with Crippen molar-refractivity contribution in [1.82, 2.24) is 10.2 Å². The molecule has 1 fully saturated rings. The molecule has 0 spiro atoms. The minimum atomic E-state index is -3.01. The van der Waals surface area contributed by atoms with Gasteiger partial charge in [0.2, 0.25) is 5.91 Å². The van der Waals surface area contributed by atoms with Gasteiger partial charge in [0.05, 0.1) is 11.3 Å². The van der Waals surface area contributed by atoms with Crippen molar-refractivity contribution in [1.29, 1.82) is 0 Å². The first-order valence-electron chi connectivity index (χ1n) is 5.43. The van der Waals surface area contributed by atoms with E-state index in [9.17, 15) is 13.2 Å². The highest BCUT2D eigenvalue weighted by Gasteiger charge is 2.37. The maximum atomic E-state index is 12.1. The Hall–Kier alpha value is -0.620. The van der Waals surface area contributed by atoms with E-state index in [4.69, 9.17) is 0 Å². The number of rotatable bonds is 4. The van der Waals surface area contributed by atoms with Crippen LogP contribution in [0.4, 0.5) is 0 Å². The summed E-state index contributed by atoms with van der Waals surface area (Å²) in [4.78, 5) is 13.6. The summed E-state index contributed by atoms with van der Waals surface area (Å²) in [6.07, 6.45) is 2.98. The van der Waals surface area contributed by atoms with Gasteiger partial charge in [-0.1, -0.05) is 0 Å². The molecule has 1 heterocycles. The first-order chi connectivity index (χ1) is 7.25. The normalized spacial score (nSPS) is 25.7. The second-order valence-electron chi connectivity index (χ2n) is 4.72. The van der Waals surface area contributed by atoms with Crippen LogP contribution >= 0.6 is 0 Å². The fourth-order valence-corrected chi connectivity index (χ4v) is 2.51. The number of nitrogens with zero attached hydrogens (tertiary/aromatic N) is 1. The summed E-state index contributed by atoms with van der Waals surface area (Å²) in [7, 11) is -1.36. The number of hydrogen-bond donors (Lipinski definition) is 1. The van der Waals surface area contributed by atoms with Crippen LogP contribution in [0.3, 0.4) is 0 Å². The van der Waals surface area contributed by atoms with Crippen molar-refractivity contribution in [3.8, 4) is 0 Å².